The van der Waals surface area contributed by atoms with E-state index in [2.05, 4.69) is 19.8 Å². The van der Waals surface area contributed by atoms with Crippen LogP contribution in [0.1, 0.15) is 43.7 Å². The largest absolute Gasteiger partial charge is 0.494 e. The van der Waals surface area contributed by atoms with Gasteiger partial charge in [-0.05, 0) is 39.1 Å². The van der Waals surface area contributed by atoms with Crippen molar-refractivity contribution in [2.24, 2.45) is 7.05 Å². The lowest BCUT2D eigenvalue weighted by Gasteiger charge is -2.19. The summed E-state index contributed by atoms with van der Waals surface area (Å²) in [6.45, 7) is 0.760. The number of fused-ring (bicyclic) bond motifs is 1. The van der Waals surface area contributed by atoms with Gasteiger partial charge in [-0.2, -0.15) is 5.10 Å². The number of aromatic nitrogens is 4. The van der Waals surface area contributed by atoms with E-state index in [9.17, 15) is 13.2 Å². The average molecular weight is 523 g/mol. The van der Waals surface area contributed by atoms with Gasteiger partial charge in [-0.3, -0.25) is 4.79 Å². The molecule has 0 aliphatic heterocycles. The van der Waals surface area contributed by atoms with Crippen molar-refractivity contribution >= 4 is 32.7 Å². The number of sulfonamides is 1. The van der Waals surface area contributed by atoms with Crippen LogP contribution in [0.5, 0.6) is 5.75 Å². The molecule has 1 aliphatic carbocycles. The molecule has 0 atom stereocenters. The van der Waals surface area contributed by atoms with Crippen LogP contribution >= 0.6 is 11.6 Å². The molecule has 4 rings (SSSR count). The van der Waals surface area contributed by atoms with Crippen LogP contribution in [-0.4, -0.2) is 67.4 Å². The highest BCUT2D eigenvalue weighted by molar-refractivity contribution is 7.89. The predicted octanol–water partition coefficient (Wildman–Crippen LogP) is 2.87. The molecular formula is C23H31ClN6O4S. The molecule has 2 heterocycles. The number of rotatable bonds is 8. The molecular weight excluding hydrogens is 492 g/mol. The minimum atomic E-state index is -3.87. The minimum absolute atomic E-state index is 0.0852. The number of aryl methyl sites for hydroxylation is 1. The highest BCUT2D eigenvalue weighted by atomic mass is 35.5. The Morgan fingerprint density at radius 1 is 1.26 bits per heavy atom. The average Bonchev–Trinajstić information content (AvgIpc) is 3.15. The SMILES string of the molecule is COc1c(-c2nc3c(c(C4CCCCC4)nn3C)c(=O)[nH]2)ccc(S(=O)(=O)NCCN(C)C)c1Cl. The van der Waals surface area contributed by atoms with Crippen molar-refractivity contribution in [2.45, 2.75) is 42.9 Å². The smallest absolute Gasteiger partial charge is 0.262 e. The Balaban J connectivity index is 1.76. The Hall–Kier alpha value is -2.47. The van der Waals surface area contributed by atoms with E-state index in [0.717, 1.165) is 31.4 Å². The number of likely N-dealkylation sites (N-methyl/N-ethyl adjacent to an activating group) is 1. The normalized spacial score (nSPS) is 15.3. The van der Waals surface area contributed by atoms with Gasteiger partial charge in [0.1, 0.15) is 26.9 Å². The van der Waals surface area contributed by atoms with Crippen LogP contribution in [0.25, 0.3) is 22.4 Å². The van der Waals surface area contributed by atoms with E-state index in [-0.39, 0.29) is 39.5 Å². The molecule has 1 aromatic carbocycles. The number of methoxy groups -OCH3 is 1. The monoisotopic (exact) mass is 522 g/mol. The predicted molar refractivity (Wildman–Crippen MR) is 136 cm³/mol. The maximum Gasteiger partial charge on any atom is 0.262 e. The van der Waals surface area contributed by atoms with E-state index in [1.807, 2.05) is 19.0 Å². The fourth-order valence-electron chi connectivity index (χ4n) is 4.59. The quantitative estimate of drug-likeness (QED) is 0.466. The van der Waals surface area contributed by atoms with E-state index < -0.39 is 10.0 Å². The summed E-state index contributed by atoms with van der Waals surface area (Å²) in [6.07, 6.45) is 5.48. The van der Waals surface area contributed by atoms with Gasteiger partial charge in [0.25, 0.3) is 5.56 Å². The zero-order valence-electron chi connectivity index (χ0n) is 20.4. The zero-order chi connectivity index (χ0) is 25.3. The maximum absolute atomic E-state index is 13.2. The fraction of sp³-hybridized carbons (Fsp3) is 0.522. The molecule has 2 N–H and O–H groups in total. The van der Waals surface area contributed by atoms with Crippen molar-refractivity contribution in [2.75, 3.05) is 34.3 Å². The molecule has 0 spiro atoms. The van der Waals surface area contributed by atoms with Crippen LogP contribution in [0.15, 0.2) is 21.8 Å². The van der Waals surface area contributed by atoms with Gasteiger partial charge in [-0.15, -0.1) is 0 Å². The number of nitrogens with zero attached hydrogens (tertiary/aromatic N) is 4. The molecule has 0 unspecified atom stereocenters. The molecule has 3 aromatic rings. The van der Waals surface area contributed by atoms with Crippen LogP contribution in [0.4, 0.5) is 0 Å². The molecule has 0 amide bonds. The van der Waals surface area contributed by atoms with Gasteiger partial charge in [-0.25, -0.2) is 22.8 Å². The number of ether oxygens (including phenoxy) is 1. The Kier molecular flexibility index (Phi) is 7.51. The van der Waals surface area contributed by atoms with Crippen LogP contribution in [0.3, 0.4) is 0 Å². The summed E-state index contributed by atoms with van der Waals surface area (Å²) in [5.74, 6) is 0.581. The van der Waals surface area contributed by atoms with E-state index in [4.69, 9.17) is 16.3 Å². The molecule has 1 fully saturated rings. The molecule has 35 heavy (non-hydrogen) atoms. The highest BCUT2D eigenvalue weighted by Gasteiger charge is 2.27. The van der Waals surface area contributed by atoms with Gasteiger partial charge in [-0.1, -0.05) is 30.9 Å². The molecule has 1 aliphatic rings. The maximum atomic E-state index is 13.2. The second-order valence-electron chi connectivity index (χ2n) is 9.12. The van der Waals surface area contributed by atoms with Gasteiger partial charge in [0, 0.05) is 26.1 Å². The molecule has 190 valence electrons. The van der Waals surface area contributed by atoms with Crippen molar-refractivity contribution in [1.29, 1.82) is 0 Å². The van der Waals surface area contributed by atoms with Crippen LogP contribution in [-0.2, 0) is 17.1 Å². The topological polar surface area (TPSA) is 122 Å². The first-order valence-corrected chi connectivity index (χ1v) is 13.5. The Morgan fingerprint density at radius 2 is 1.97 bits per heavy atom. The second-order valence-corrected chi connectivity index (χ2v) is 11.2. The fourth-order valence-corrected chi connectivity index (χ4v) is 6.23. The molecule has 2 aromatic heterocycles. The Morgan fingerprint density at radius 3 is 2.63 bits per heavy atom. The summed E-state index contributed by atoms with van der Waals surface area (Å²) >= 11 is 6.49. The molecule has 0 radical (unpaired) electrons. The number of hydrogen-bond acceptors (Lipinski definition) is 7. The lowest BCUT2D eigenvalue weighted by atomic mass is 9.86. The van der Waals surface area contributed by atoms with Crippen LogP contribution in [0, 0.1) is 0 Å². The Bertz CT molecular complexity index is 1390. The highest BCUT2D eigenvalue weighted by Crippen LogP contribution is 2.39. The van der Waals surface area contributed by atoms with E-state index in [1.165, 1.54) is 25.7 Å². The zero-order valence-corrected chi connectivity index (χ0v) is 22.0. The van der Waals surface area contributed by atoms with Crippen molar-refractivity contribution in [3.8, 4) is 17.1 Å². The van der Waals surface area contributed by atoms with Crippen LogP contribution < -0.4 is 15.0 Å². The number of H-pyrrole nitrogens is 1. The van der Waals surface area contributed by atoms with Gasteiger partial charge in [0.15, 0.2) is 5.65 Å². The minimum Gasteiger partial charge on any atom is -0.494 e. The first kappa shape index (κ1) is 25.6. The summed E-state index contributed by atoms with van der Waals surface area (Å²) in [6, 6.07) is 2.92. The standard InChI is InChI=1S/C23H31ClN6O4S/c1-29(2)13-12-25-35(32,33)16-11-10-15(20(34-4)18(16)24)21-26-22-17(23(31)27-21)19(28-30(22)3)14-8-6-5-7-9-14/h10-11,14,25H,5-9,12-13H2,1-4H3,(H,26,27,31). The van der Waals surface area contributed by atoms with Gasteiger partial charge in [0.05, 0.1) is 18.4 Å². The number of aromatic amines is 1. The molecule has 10 nitrogen and oxygen atoms in total. The third-order valence-corrected chi connectivity index (χ3v) is 8.36. The lowest BCUT2D eigenvalue weighted by molar-refractivity contribution is 0.411. The molecule has 0 bridgehead atoms. The van der Waals surface area contributed by atoms with E-state index in [1.54, 1.807) is 11.7 Å². The van der Waals surface area contributed by atoms with E-state index >= 15 is 0 Å². The summed E-state index contributed by atoms with van der Waals surface area (Å²) in [5, 5.41) is 5.05. The molecule has 1 saturated carbocycles. The van der Waals surface area contributed by atoms with Gasteiger partial charge >= 0.3 is 0 Å². The first-order chi connectivity index (χ1) is 16.6. The van der Waals surface area contributed by atoms with Crippen molar-refractivity contribution in [1.82, 2.24) is 29.4 Å². The van der Waals surface area contributed by atoms with Gasteiger partial charge in [0.2, 0.25) is 10.0 Å². The van der Waals surface area contributed by atoms with Crippen LogP contribution in [0.2, 0.25) is 5.02 Å². The number of halogens is 1. The number of benzene rings is 1. The molecule has 12 heteroatoms. The van der Waals surface area contributed by atoms with Gasteiger partial charge < -0.3 is 14.6 Å². The van der Waals surface area contributed by atoms with E-state index in [0.29, 0.717) is 23.1 Å². The van der Waals surface area contributed by atoms with Crippen molar-refractivity contribution in [3.05, 3.63) is 33.2 Å². The second kappa shape index (κ2) is 10.3. The summed E-state index contributed by atoms with van der Waals surface area (Å²) < 4.78 is 35.3. The third-order valence-electron chi connectivity index (χ3n) is 6.37. The lowest BCUT2D eigenvalue weighted by Crippen LogP contribution is -2.31. The summed E-state index contributed by atoms with van der Waals surface area (Å²) in [7, 11) is 2.99. The summed E-state index contributed by atoms with van der Waals surface area (Å²) in [5.41, 5.74) is 1.34. The molecule has 0 saturated heterocycles. The number of nitrogens with one attached hydrogen (secondary N) is 2. The Labute approximate surface area is 209 Å². The number of hydrogen-bond donors (Lipinski definition) is 2. The van der Waals surface area contributed by atoms with Crippen molar-refractivity contribution < 1.29 is 13.2 Å². The third kappa shape index (κ3) is 5.09. The summed E-state index contributed by atoms with van der Waals surface area (Å²) in [4.78, 5) is 22.5. The first-order valence-electron chi connectivity index (χ1n) is 11.6. The van der Waals surface area contributed by atoms with Crippen molar-refractivity contribution in [3.63, 3.8) is 0 Å².